The summed E-state index contributed by atoms with van der Waals surface area (Å²) < 4.78 is 20.2. The van der Waals surface area contributed by atoms with Gasteiger partial charge in [0.2, 0.25) is 5.16 Å². The van der Waals surface area contributed by atoms with Crippen LogP contribution in [0.15, 0.2) is 29.4 Å². The summed E-state index contributed by atoms with van der Waals surface area (Å²) in [5.74, 6) is 0.438. The van der Waals surface area contributed by atoms with Gasteiger partial charge in [0.05, 0.1) is 12.6 Å². The van der Waals surface area contributed by atoms with Crippen molar-refractivity contribution in [1.82, 2.24) is 20.2 Å². The molecule has 0 saturated carbocycles. The zero-order valence-electron chi connectivity index (χ0n) is 13.2. The molecule has 1 saturated heterocycles. The van der Waals surface area contributed by atoms with Crippen LogP contribution in [0, 0.1) is 5.82 Å². The second kappa shape index (κ2) is 8.34. The van der Waals surface area contributed by atoms with Crippen LogP contribution in [0.1, 0.15) is 36.0 Å². The largest absolute Gasteiger partial charge is 0.376 e. The maximum atomic E-state index is 12.9. The van der Waals surface area contributed by atoms with Gasteiger partial charge in [-0.3, -0.25) is 4.79 Å². The van der Waals surface area contributed by atoms with Crippen molar-refractivity contribution >= 4 is 17.5 Å². The van der Waals surface area contributed by atoms with Gasteiger partial charge in [-0.05, 0) is 54.0 Å². The second-order valence-electron chi connectivity index (χ2n) is 5.66. The van der Waals surface area contributed by atoms with Crippen molar-refractivity contribution in [2.45, 2.75) is 43.5 Å². The Morgan fingerprint density at radius 2 is 2.21 bits per heavy atom. The molecule has 0 unspecified atom stereocenters. The first kappa shape index (κ1) is 17.0. The topological polar surface area (TPSA) is 69.9 Å². The Balaban J connectivity index is 1.42. The highest BCUT2D eigenvalue weighted by Crippen LogP contribution is 2.19. The van der Waals surface area contributed by atoms with Gasteiger partial charge in [-0.25, -0.2) is 9.07 Å². The minimum atomic E-state index is -0.333. The SMILES string of the molecule is O=C(CCCSc1nnnn1C[C@@H]1CCCO1)c1ccc(F)cc1. The summed E-state index contributed by atoms with van der Waals surface area (Å²) in [5.41, 5.74) is 0.546. The lowest BCUT2D eigenvalue weighted by Crippen LogP contribution is -2.16. The number of carbonyl (C=O) groups excluding carboxylic acids is 1. The molecule has 0 bridgehead atoms. The van der Waals surface area contributed by atoms with E-state index in [2.05, 4.69) is 15.5 Å². The monoisotopic (exact) mass is 350 g/mol. The van der Waals surface area contributed by atoms with Crippen molar-refractivity contribution in [3.05, 3.63) is 35.6 Å². The number of carbonyl (C=O) groups is 1. The molecule has 6 nitrogen and oxygen atoms in total. The number of aromatic nitrogens is 4. The molecule has 2 heterocycles. The van der Waals surface area contributed by atoms with Crippen LogP contribution in [0.4, 0.5) is 4.39 Å². The number of benzene rings is 1. The molecule has 128 valence electrons. The Labute approximate surface area is 143 Å². The normalized spacial score (nSPS) is 17.3. The van der Waals surface area contributed by atoms with E-state index in [1.54, 1.807) is 4.68 Å². The Bertz CT molecular complexity index is 671. The van der Waals surface area contributed by atoms with E-state index in [1.807, 2.05) is 0 Å². The maximum Gasteiger partial charge on any atom is 0.209 e. The van der Waals surface area contributed by atoms with Gasteiger partial charge in [0.1, 0.15) is 5.82 Å². The minimum absolute atomic E-state index is 0.0227. The van der Waals surface area contributed by atoms with E-state index < -0.39 is 0 Å². The summed E-state index contributed by atoms with van der Waals surface area (Å²) in [5, 5.41) is 12.5. The number of ketones is 1. The molecule has 1 aliphatic heterocycles. The third-order valence-corrected chi connectivity index (χ3v) is 4.89. The molecular weight excluding hydrogens is 331 g/mol. The van der Waals surface area contributed by atoms with Crippen LogP contribution in [0.3, 0.4) is 0 Å². The summed E-state index contributed by atoms with van der Waals surface area (Å²) in [7, 11) is 0. The van der Waals surface area contributed by atoms with Crippen LogP contribution < -0.4 is 0 Å². The molecule has 1 aliphatic rings. The minimum Gasteiger partial charge on any atom is -0.376 e. The van der Waals surface area contributed by atoms with Gasteiger partial charge in [-0.1, -0.05) is 11.8 Å². The fourth-order valence-corrected chi connectivity index (χ4v) is 3.40. The van der Waals surface area contributed by atoms with Gasteiger partial charge in [-0.15, -0.1) is 5.10 Å². The first-order valence-corrected chi connectivity index (χ1v) is 9.00. The van der Waals surface area contributed by atoms with E-state index in [1.165, 1.54) is 36.0 Å². The van der Waals surface area contributed by atoms with Crippen molar-refractivity contribution in [1.29, 1.82) is 0 Å². The molecule has 24 heavy (non-hydrogen) atoms. The first-order valence-electron chi connectivity index (χ1n) is 8.02. The highest BCUT2D eigenvalue weighted by molar-refractivity contribution is 7.99. The first-order chi connectivity index (χ1) is 11.7. The molecule has 1 fully saturated rings. The summed E-state index contributed by atoms with van der Waals surface area (Å²) in [6.07, 6.45) is 3.45. The lowest BCUT2D eigenvalue weighted by atomic mass is 10.1. The van der Waals surface area contributed by atoms with Crippen LogP contribution >= 0.6 is 11.8 Å². The quantitative estimate of drug-likeness (QED) is 0.414. The lowest BCUT2D eigenvalue weighted by Gasteiger charge is -2.09. The molecule has 0 amide bonds. The second-order valence-corrected chi connectivity index (χ2v) is 6.72. The van der Waals surface area contributed by atoms with E-state index in [0.29, 0.717) is 24.9 Å². The average Bonchev–Trinajstić information content (AvgIpc) is 3.25. The fourth-order valence-electron chi connectivity index (χ4n) is 2.57. The Kier molecular flexibility index (Phi) is 5.92. The van der Waals surface area contributed by atoms with Crippen molar-refractivity contribution in [2.75, 3.05) is 12.4 Å². The highest BCUT2D eigenvalue weighted by atomic mass is 32.2. The van der Waals surface area contributed by atoms with Crippen LogP contribution in [0.2, 0.25) is 0 Å². The molecule has 1 atom stereocenters. The van der Waals surface area contributed by atoms with Crippen LogP contribution in [-0.2, 0) is 11.3 Å². The fraction of sp³-hybridized carbons (Fsp3) is 0.500. The van der Waals surface area contributed by atoms with Crippen LogP contribution in [0.5, 0.6) is 0 Å². The van der Waals surface area contributed by atoms with Gasteiger partial charge >= 0.3 is 0 Å². The number of halogens is 1. The maximum absolute atomic E-state index is 12.9. The van der Waals surface area contributed by atoms with Crippen LogP contribution in [0.25, 0.3) is 0 Å². The number of hydrogen-bond acceptors (Lipinski definition) is 6. The number of tetrazole rings is 1. The molecule has 0 spiro atoms. The number of thioether (sulfide) groups is 1. The third-order valence-electron chi connectivity index (χ3n) is 3.85. The molecule has 3 rings (SSSR count). The Morgan fingerprint density at radius 3 is 2.96 bits per heavy atom. The van der Waals surface area contributed by atoms with Crippen molar-refractivity contribution in [2.24, 2.45) is 0 Å². The number of Topliss-reactive ketones (excluding diaryl/α,β-unsaturated/α-hetero) is 1. The zero-order chi connectivity index (χ0) is 16.8. The number of ether oxygens (including phenoxy) is 1. The van der Waals surface area contributed by atoms with Gasteiger partial charge in [0.15, 0.2) is 5.78 Å². The third kappa shape index (κ3) is 4.61. The predicted octanol–water partition coefficient (Wildman–Crippen LogP) is 2.75. The molecule has 0 radical (unpaired) electrons. The van der Waals surface area contributed by atoms with E-state index in [-0.39, 0.29) is 17.7 Å². The molecule has 2 aromatic rings. The summed E-state index contributed by atoms with van der Waals surface area (Å²) in [6.45, 7) is 1.48. The standard InChI is InChI=1S/C16H19FN4O2S/c17-13-7-5-12(6-8-13)15(22)4-2-10-24-16-18-19-20-21(16)11-14-3-1-9-23-14/h5-8,14H,1-4,9-11H2/t14-/m0/s1. The van der Waals surface area contributed by atoms with E-state index >= 15 is 0 Å². The summed E-state index contributed by atoms with van der Waals surface area (Å²) in [4.78, 5) is 12.0. The lowest BCUT2D eigenvalue weighted by molar-refractivity contribution is 0.0912. The summed E-state index contributed by atoms with van der Waals surface area (Å²) in [6, 6.07) is 5.66. The molecule has 8 heteroatoms. The predicted molar refractivity (Wildman–Crippen MR) is 87.5 cm³/mol. The van der Waals surface area contributed by atoms with Gasteiger partial charge < -0.3 is 4.74 Å². The highest BCUT2D eigenvalue weighted by Gasteiger charge is 2.18. The van der Waals surface area contributed by atoms with Gasteiger partial charge in [0, 0.05) is 24.3 Å². The van der Waals surface area contributed by atoms with Crippen molar-refractivity contribution in [3.8, 4) is 0 Å². The molecule has 1 aromatic heterocycles. The zero-order valence-corrected chi connectivity index (χ0v) is 14.0. The Morgan fingerprint density at radius 1 is 1.38 bits per heavy atom. The number of nitrogens with zero attached hydrogens (tertiary/aromatic N) is 4. The average molecular weight is 350 g/mol. The van der Waals surface area contributed by atoms with E-state index in [4.69, 9.17) is 4.74 Å². The molecule has 1 aromatic carbocycles. The Hall–Kier alpha value is -1.80. The number of hydrogen-bond donors (Lipinski definition) is 0. The van der Waals surface area contributed by atoms with Crippen LogP contribution in [-0.4, -0.2) is 44.5 Å². The number of rotatable bonds is 8. The molecule has 0 N–H and O–H groups in total. The smallest absolute Gasteiger partial charge is 0.209 e. The van der Waals surface area contributed by atoms with Gasteiger partial charge in [0.25, 0.3) is 0 Å². The van der Waals surface area contributed by atoms with E-state index in [0.717, 1.165) is 30.4 Å². The molecular formula is C16H19FN4O2S. The molecule has 0 aliphatic carbocycles. The summed E-state index contributed by atoms with van der Waals surface area (Å²) >= 11 is 1.54. The van der Waals surface area contributed by atoms with E-state index in [9.17, 15) is 9.18 Å². The van der Waals surface area contributed by atoms with Crippen molar-refractivity contribution < 1.29 is 13.9 Å². The van der Waals surface area contributed by atoms with Crippen molar-refractivity contribution in [3.63, 3.8) is 0 Å². The van der Waals surface area contributed by atoms with Gasteiger partial charge in [-0.2, -0.15) is 0 Å².